The van der Waals surface area contributed by atoms with E-state index in [0.29, 0.717) is 144 Å². The molecule has 0 unspecified atom stereocenters. The molecule has 4 N–H and O–H groups in total. The third-order valence-corrected chi connectivity index (χ3v) is 17.0. The molecule has 6 aromatic rings. The molecule has 8 rings (SSSR count). The number of benzene rings is 3. The molecule has 1 atom stereocenters. The highest BCUT2D eigenvalue weighted by atomic mass is 28.3. The summed E-state index contributed by atoms with van der Waals surface area (Å²) in [5.41, 5.74) is 6.45. The molecule has 464 valence electrons. The fourth-order valence-electron chi connectivity index (χ4n) is 10.5. The monoisotopic (exact) mass is 1200 g/mol. The van der Waals surface area contributed by atoms with Gasteiger partial charge in [0.1, 0.15) is 23.2 Å². The van der Waals surface area contributed by atoms with Gasteiger partial charge in [-0.05, 0) is 68.8 Å². The largest absolute Gasteiger partial charge is 0.495 e. The van der Waals surface area contributed by atoms with E-state index in [-0.39, 0.29) is 23.9 Å². The van der Waals surface area contributed by atoms with E-state index in [1.165, 1.54) is 0 Å². The lowest BCUT2D eigenvalue weighted by molar-refractivity contribution is -0.120. The molecule has 23 nitrogen and oxygen atoms in total. The number of likely N-dealkylation sites (N-methyl/N-ethyl adjacent to an activating group) is 3. The summed E-state index contributed by atoms with van der Waals surface area (Å²) in [5, 5.41) is 13.6. The van der Waals surface area contributed by atoms with Crippen molar-refractivity contribution in [1.82, 2.24) is 34.7 Å². The Labute approximate surface area is 506 Å². The molecule has 1 saturated carbocycles. The van der Waals surface area contributed by atoms with Gasteiger partial charge in [0, 0.05) is 102 Å². The second kappa shape index (κ2) is 31.2. The topological polar surface area (TPSA) is 233 Å². The number of hydrogen-bond donors (Lipinski definition) is 4. The van der Waals surface area contributed by atoms with Crippen molar-refractivity contribution in [3.05, 3.63) is 84.8 Å². The van der Waals surface area contributed by atoms with Crippen molar-refractivity contribution in [3.8, 4) is 22.8 Å². The van der Waals surface area contributed by atoms with Crippen LogP contribution in [0, 0.1) is 0 Å². The predicted molar refractivity (Wildman–Crippen MR) is 340 cm³/mol. The Morgan fingerprint density at radius 1 is 0.744 bits per heavy atom. The van der Waals surface area contributed by atoms with E-state index in [4.69, 9.17) is 43.1 Å². The highest BCUT2D eigenvalue weighted by Gasteiger charge is 2.41. The van der Waals surface area contributed by atoms with Crippen LogP contribution < -0.4 is 45.4 Å². The smallest absolute Gasteiger partial charge is 0.411 e. The van der Waals surface area contributed by atoms with Crippen LogP contribution in [-0.2, 0) is 35.5 Å². The minimum absolute atomic E-state index is 0.0594. The Balaban J connectivity index is 0.701. The summed E-state index contributed by atoms with van der Waals surface area (Å²) in [4.78, 5) is 66.7. The number of rotatable bonds is 33. The second-order valence-corrected chi connectivity index (χ2v) is 28.4. The fraction of sp³-hybridized carbons (Fsp3) is 0.500. The number of anilines is 8. The third kappa shape index (κ3) is 17.3. The molecule has 2 aliphatic rings. The van der Waals surface area contributed by atoms with Gasteiger partial charge in [0.15, 0.2) is 5.82 Å². The van der Waals surface area contributed by atoms with Gasteiger partial charge in [-0.2, -0.15) is 4.98 Å². The van der Waals surface area contributed by atoms with Crippen LogP contribution in [0.2, 0.25) is 25.7 Å². The number of carbonyl (C=O) groups excluding carboxylic acids is 3. The molecule has 1 aliphatic carbocycles. The Morgan fingerprint density at radius 2 is 1.42 bits per heavy atom. The highest BCUT2D eigenvalue weighted by Crippen LogP contribution is 2.42. The molecular formula is C62H87N13O10Si. The Hall–Kier alpha value is -7.61. The highest BCUT2D eigenvalue weighted by molar-refractivity contribution is 6.76. The Bertz CT molecular complexity index is 3210. The molecular weight excluding hydrogens is 1110 g/mol. The number of amides is 3. The zero-order chi connectivity index (χ0) is 61.2. The predicted octanol–water partition coefficient (Wildman–Crippen LogP) is 9.18. The first kappa shape index (κ1) is 64.4. The summed E-state index contributed by atoms with van der Waals surface area (Å²) in [5.74, 6) is 2.29. The molecule has 86 heavy (non-hydrogen) atoms. The van der Waals surface area contributed by atoms with Crippen molar-refractivity contribution in [2.45, 2.75) is 76.8 Å². The van der Waals surface area contributed by atoms with Crippen LogP contribution in [0.3, 0.4) is 0 Å². The van der Waals surface area contributed by atoms with Gasteiger partial charge < -0.3 is 73.3 Å². The maximum atomic E-state index is 13.3. The minimum atomic E-state index is -1.43. The van der Waals surface area contributed by atoms with Crippen molar-refractivity contribution in [2.75, 3.05) is 152 Å². The van der Waals surface area contributed by atoms with E-state index in [9.17, 15) is 14.4 Å². The van der Waals surface area contributed by atoms with Crippen LogP contribution >= 0.6 is 0 Å². The van der Waals surface area contributed by atoms with Crippen LogP contribution in [-0.4, -0.2) is 188 Å². The summed E-state index contributed by atoms with van der Waals surface area (Å²) in [6.07, 6.45) is 9.96. The average molecular weight is 1200 g/mol. The Kier molecular flexibility index (Phi) is 23.3. The number of nitrogens with one attached hydrogen (secondary N) is 4. The van der Waals surface area contributed by atoms with Crippen LogP contribution in [0.15, 0.2) is 79.3 Å². The van der Waals surface area contributed by atoms with Gasteiger partial charge in [0.05, 0.1) is 108 Å². The van der Waals surface area contributed by atoms with Crippen LogP contribution in [0.1, 0.15) is 49.4 Å². The Morgan fingerprint density at radius 3 is 2.13 bits per heavy atom. The number of aromatic nitrogens is 5. The lowest BCUT2D eigenvalue weighted by Crippen LogP contribution is -2.55. The molecule has 3 aromatic heterocycles. The standard InChI is InChI=1S/C62H87N13O10Si/c1-11-51-59(77)74(5)54-41-65-61(70-57(54)75(51)44-16-12-13-17-44)67-48-21-20-43(38-55(48)79-6)58(76)63-24-28-81-30-32-83-34-35-84-33-31-82-29-27-71(2)25-26-72(3)53-40-56(80-7)50(39-49(53)69-62(78)85-36-37-86(8,9)10)68-60-64-23-22-47(66-60)46-42-73(4)52-19-15-14-18-45(46)52/h14-15,18-23,38-42,44,51H,11-13,16-17,24-37H2,1-10H3,(H,63,76)(H,69,78)(H,64,66,68)(H,65,67,70)/t51-/m1/s1. The number of fused-ring (bicyclic) bond motifs is 2. The summed E-state index contributed by atoms with van der Waals surface area (Å²) < 4.78 is 42.3. The molecule has 3 aromatic carbocycles. The summed E-state index contributed by atoms with van der Waals surface area (Å²) in [6.45, 7) is 14.8. The quantitative estimate of drug-likeness (QED) is 0.0222. The number of nitrogens with zero attached hydrogens (tertiary/aromatic N) is 9. The second-order valence-electron chi connectivity index (χ2n) is 22.7. The number of ether oxygens (including phenoxy) is 7. The fourth-order valence-corrected chi connectivity index (χ4v) is 11.2. The number of para-hydroxylation sites is 1. The first-order valence-electron chi connectivity index (χ1n) is 29.7. The van der Waals surface area contributed by atoms with Crippen LogP contribution in [0.5, 0.6) is 11.5 Å². The van der Waals surface area contributed by atoms with Gasteiger partial charge in [0.2, 0.25) is 17.8 Å². The van der Waals surface area contributed by atoms with Gasteiger partial charge in [-0.3, -0.25) is 14.9 Å². The lowest BCUT2D eigenvalue weighted by atomic mass is 10.0. The van der Waals surface area contributed by atoms with E-state index >= 15 is 0 Å². The van der Waals surface area contributed by atoms with E-state index in [0.717, 1.165) is 65.4 Å². The molecule has 0 spiro atoms. The molecule has 0 bridgehead atoms. The summed E-state index contributed by atoms with van der Waals surface area (Å²) >= 11 is 0. The van der Waals surface area contributed by atoms with E-state index in [1.54, 1.807) is 56.8 Å². The van der Waals surface area contributed by atoms with Crippen LogP contribution in [0.4, 0.5) is 50.9 Å². The molecule has 0 radical (unpaired) electrons. The zero-order valence-electron chi connectivity index (χ0n) is 51.7. The number of hydrogen-bond acceptors (Lipinski definition) is 19. The van der Waals surface area contributed by atoms with Crippen molar-refractivity contribution in [1.29, 1.82) is 0 Å². The molecule has 1 fully saturated rings. The minimum Gasteiger partial charge on any atom is -0.495 e. The number of carbonyl (C=O) groups is 3. The first-order chi connectivity index (χ1) is 41.5. The molecule has 1 aliphatic heterocycles. The number of methoxy groups -OCH3 is 2. The molecule has 3 amide bonds. The molecule has 4 heterocycles. The lowest BCUT2D eigenvalue weighted by Gasteiger charge is -2.43. The van der Waals surface area contributed by atoms with Crippen molar-refractivity contribution >= 4 is 83.0 Å². The number of aryl methyl sites for hydroxylation is 1. The summed E-state index contributed by atoms with van der Waals surface area (Å²) in [7, 11) is 9.54. The van der Waals surface area contributed by atoms with E-state index < -0.39 is 14.2 Å². The van der Waals surface area contributed by atoms with E-state index in [2.05, 4.69) is 88.5 Å². The first-order valence-corrected chi connectivity index (χ1v) is 33.4. The van der Waals surface area contributed by atoms with Crippen molar-refractivity contribution < 1.29 is 47.5 Å². The van der Waals surface area contributed by atoms with E-state index in [1.807, 2.05) is 58.4 Å². The SMILES string of the molecule is CC[C@@H]1C(=O)N(C)c2cnc(Nc3ccc(C(=O)NCCOCCOCCOCCOCCN(C)CCN(C)c4cc(OC)c(Nc5nccc(-c6cn(C)c7ccccc67)n5)cc4NC(=O)OCC[Si](C)(C)C)cc3OC)nc2N1C1CCCC1. The third-order valence-electron chi connectivity index (χ3n) is 15.3. The van der Waals surface area contributed by atoms with Crippen molar-refractivity contribution in [2.24, 2.45) is 7.05 Å². The van der Waals surface area contributed by atoms with Gasteiger partial charge in [-0.1, -0.05) is 57.6 Å². The normalized spacial score (nSPS) is 14.4. The van der Waals surface area contributed by atoms with Gasteiger partial charge in [-0.15, -0.1) is 0 Å². The molecule has 0 saturated heterocycles. The van der Waals surface area contributed by atoms with Gasteiger partial charge >= 0.3 is 6.09 Å². The summed E-state index contributed by atoms with van der Waals surface area (Å²) in [6, 6.07) is 19.8. The maximum absolute atomic E-state index is 13.3. The molecule has 24 heteroatoms. The van der Waals surface area contributed by atoms with Gasteiger partial charge in [-0.25, -0.2) is 19.7 Å². The van der Waals surface area contributed by atoms with Crippen molar-refractivity contribution in [3.63, 3.8) is 0 Å². The zero-order valence-corrected chi connectivity index (χ0v) is 52.7. The average Bonchev–Trinajstić information content (AvgIpc) is 1.42. The maximum Gasteiger partial charge on any atom is 0.411 e. The van der Waals surface area contributed by atoms with Gasteiger partial charge in [0.25, 0.3) is 5.91 Å². The van der Waals surface area contributed by atoms with Crippen LogP contribution in [0.25, 0.3) is 22.2 Å².